The summed E-state index contributed by atoms with van der Waals surface area (Å²) in [4.78, 5) is 7.52. The largest absolute Gasteiger partial charge is 0.440 e. The standard InChI is InChI=1S/C63H55BN2O2S2/c1-34-28-47-57-48(29-34)66(59-36(3)21-25-44(38(59)5)54-31-40-17-13-15-19-52(40)70-54)61-56(46-33-42(63(9,10)11)23-27-50(46)68-61)64(57)55-45-32-41(62(6,7)8)22-26-49(45)67-60(55)65(47)58-35(2)20-24-43(37(58)4)53-30-39-16-12-14-18-51(39)69-53/h12-33H,1-11H3. The summed E-state index contributed by atoms with van der Waals surface area (Å²) < 4.78 is 17.4. The molecule has 0 fully saturated rings. The highest BCUT2D eigenvalue weighted by molar-refractivity contribution is 7.22. The number of hydrogen-bond donors (Lipinski definition) is 0. The van der Waals surface area contributed by atoms with E-state index in [4.69, 9.17) is 8.83 Å². The molecule has 70 heavy (non-hydrogen) atoms. The van der Waals surface area contributed by atoms with Gasteiger partial charge in [0.25, 0.3) is 6.71 Å². The number of hydrogen-bond acceptors (Lipinski definition) is 6. The van der Waals surface area contributed by atoms with Crippen LogP contribution in [-0.2, 0) is 10.8 Å². The van der Waals surface area contributed by atoms with Crippen molar-refractivity contribution in [2.45, 2.75) is 87.0 Å². The molecule has 7 heteroatoms. The molecule has 4 nitrogen and oxygen atoms in total. The zero-order chi connectivity index (χ0) is 48.3. The predicted molar refractivity (Wildman–Crippen MR) is 303 cm³/mol. The summed E-state index contributed by atoms with van der Waals surface area (Å²) in [7, 11) is 0. The fraction of sp³-hybridized carbons (Fsp3) is 0.206. The lowest BCUT2D eigenvalue weighted by Crippen LogP contribution is -2.61. The number of thiophene rings is 2. The fourth-order valence-corrected chi connectivity index (χ4v) is 14.0. The maximum absolute atomic E-state index is 7.43. The van der Waals surface area contributed by atoms with Gasteiger partial charge in [-0.15, -0.1) is 22.7 Å². The van der Waals surface area contributed by atoms with Gasteiger partial charge in [0.05, 0.1) is 11.4 Å². The van der Waals surface area contributed by atoms with Gasteiger partial charge in [0.2, 0.25) is 11.8 Å². The van der Waals surface area contributed by atoms with E-state index < -0.39 is 0 Å². The lowest BCUT2D eigenvalue weighted by Gasteiger charge is -2.42. The number of benzene rings is 7. The molecular formula is C63H55BN2O2S2. The molecule has 0 radical (unpaired) electrons. The molecule has 0 amide bonds. The van der Waals surface area contributed by atoms with Gasteiger partial charge in [0, 0.05) is 52.2 Å². The van der Waals surface area contributed by atoms with Crippen molar-refractivity contribution in [1.29, 1.82) is 0 Å². The van der Waals surface area contributed by atoms with Crippen LogP contribution in [0.4, 0.5) is 34.5 Å². The van der Waals surface area contributed by atoms with Crippen LogP contribution < -0.4 is 26.2 Å². The van der Waals surface area contributed by atoms with Crippen molar-refractivity contribution in [2.75, 3.05) is 9.80 Å². The summed E-state index contributed by atoms with van der Waals surface area (Å²) in [6.07, 6.45) is 0. The molecule has 6 heterocycles. The van der Waals surface area contributed by atoms with Gasteiger partial charge in [-0.3, -0.25) is 9.80 Å². The summed E-state index contributed by atoms with van der Waals surface area (Å²) >= 11 is 3.72. The number of furan rings is 2. The lowest BCUT2D eigenvalue weighted by molar-refractivity contribution is 0.589. The zero-order valence-corrected chi connectivity index (χ0v) is 43.4. The Kier molecular flexibility index (Phi) is 9.33. The Morgan fingerprint density at radius 2 is 0.886 bits per heavy atom. The van der Waals surface area contributed by atoms with Gasteiger partial charge in [-0.1, -0.05) is 114 Å². The van der Waals surface area contributed by atoms with Crippen LogP contribution in [0.5, 0.6) is 0 Å². The molecule has 0 N–H and O–H groups in total. The van der Waals surface area contributed by atoms with Gasteiger partial charge in [0.1, 0.15) is 11.2 Å². The molecule has 2 aliphatic heterocycles. The van der Waals surface area contributed by atoms with E-state index in [0.29, 0.717) is 0 Å². The highest BCUT2D eigenvalue weighted by atomic mass is 32.1. The minimum atomic E-state index is -0.200. The third-order valence-electron chi connectivity index (χ3n) is 15.3. The van der Waals surface area contributed by atoms with Crippen molar-refractivity contribution in [3.63, 3.8) is 0 Å². The van der Waals surface area contributed by atoms with E-state index in [0.717, 1.165) is 56.5 Å². The van der Waals surface area contributed by atoms with Crippen molar-refractivity contribution < 1.29 is 8.83 Å². The quantitative estimate of drug-likeness (QED) is 0.165. The summed E-state index contributed by atoms with van der Waals surface area (Å²) in [5.41, 5.74) is 20.8. The number of nitrogens with zero attached hydrogens (tertiary/aromatic N) is 2. The van der Waals surface area contributed by atoms with E-state index in [-0.39, 0.29) is 17.5 Å². The molecule has 0 bridgehead atoms. The number of aryl methyl sites for hydroxylation is 3. The van der Waals surface area contributed by atoms with Crippen LogP contribution in [0.3, 0.4) is 0 Å². The number of anilines is 6. The van der Waals surface area contributed by atoms with Gasteiger partial charge in [-0.05, 0) is 172 Å². The first-order valence-electron chi connectivity index (χ1n) is 24.6. The van der Waals surface area contributed by atoms with Crippen LogP contribution in [0.25, 0.3) is 63.0 Å². The number of fused-ring (bicyclic) bond motifs is 10. The van der Waals surface area contributed by atoms with Gasteiger partial charge in [0.15, 0.2) is 0 Å². The molecule has 0 spiro atoms. The maximum atomic E-state index is 7.43. The molecule has 2 aliphatic rings. The molecule has 0 saturated heterocycles. The van der Waals surface area contributed by atoms with Crippen molar-refractivity contribution in [3.05, 3.63) is 172 Å². The Bertz CT molecular complexity index is 3690. The van der Waals surface area contributed by atoms with E-state index in [1.54, 1.807) is 0 Å². The van der Waals surface area contributed by atoms with Crippen LogP contribution in [0.1, 0.15) is 80.5 Å². The van der Waals surface area contributed by atoms with E-state index in [2.05, 4.69) is 219 Å². The first-order chi connectivity index (χ1) is 33.5. The predicted octanol–water partition coefficient (Wildman–Crippen LogP) is 17.2. The lowest BCUT2D eigenvalue weighted by atomic mass is 9.33. The molecule has 0 atom stereocenters. The first kappa shape index (κ1) is 43.2. The second-order valence-corrected chi connectivity index (χ2v) is 24.2. The third-order valence-corrected chi connectivity index (χ3v) is 17.6. The summed E-state index contributed by atoms with van der Waals surface area (Å²) in [6, 6.07) is 50.0. The van der Waals surface area contributed by atoms with Crippen LogP contribution >= 0.6 is 22.7 Å². The monoisotopic (exact) mass is 946 g/mol. The average Bonchev–Trinajstić information content (AvgIpc) is 4.12. The summed E-state index contributed by atoms with van der Waals surface area (Å²) in [5.74, 6) is 1.74. The highest BCUT2D eigenvalue weighted by Gasteiger charge is 2.50. The van der Waals surface area contributed by atoms with E-state index in [1.807, 2.05) is 22.7 Å². The molecule has 4 aromatic heterocycles. The summed E-state index contributed by atoms with van der Waals surface area (Å²) in [5, 5.41) is 4.83. The maximum Gasteiger partial charge on any atom is 0.262 e. The van der Waals surface area contributed by atoms with Gasteiger partial charge in [-0.2, -0.15) is 0 Å². The second kappa shape index (κ2) is 15.1. The highest BCUT2D eigenvalue weighted by Crippen LogP contribution is 2.52. The normalized spacial score (nSPS) is 13.6. The van der Waals surface area contributed by atoms with Crippen LogP contribution in [0, 0.1) is 34.6 Å². The Labute approximate surface area is 418 Å². The molecular weight excluding hydrogens is 892 g/mol. The van der Waals surface area contributed by atoms with Crippen molar-refractivity contribution >= 4 is 122 Å². The first-order valence-corrected chi connectivity index (χ1v) is 26.2. The zero-order valence-electron chi connectivity index (χ0n) is 41.8. The van der Waals surface area contributed by atoms with E-state index >= 15 is 0 Å². The van der Waals surface area contributed by atoms with Gasteiger partial charge < -0.3 is 8.83 Å². The minimum absolute atomic E-state index is 0.0778. The molecule has 0 unspecified atom stereocenters. The van der Waals surface area contributed by atoms with Crippen molar-refractivity contribution in [2.24, 2.45) is 0 Å². The third kappa shape index (κ3) is 6.33. The van der Waals surface area contributed by atoms with Crippen LogP contribution in [0.2, 0.25) is 0 Å². The van der Waals surface area contributed by atoms with Crippen LogP contribution in [0.15, 0.2) is 142 Å². The molecule has 13 rings (SSSR count). The number of rotatable bonds is 4. The van der Waals surface area contributed by atoms with Crippen molar-refractivity contribution in [3.8, 4) is 20.9 Å². The smallest absolute Gasteiger partial charge is 0.262 e. The molecule has 7 aromatic carbocycles. The second-order valence-electron chi connectivity index (χ2n) is 22.0. The fourth-order valence-electron chi connectivity index (χ4n) is 11.7. The molecule has 344 valence electrons. The Morgan fingerprint density at radius 1 is 0.457 bits per heavy atom. The Balaban J connectivity index is 1.16. The van der Waals surface area contributed by atoms with Crippen molar-refractivity contribution in [1.82, 2.24) is 0 Å². The molecule has 0 aliphatic carbocycles. The molecule has 0 saturated carbocycles. The van der Waals surface area contributed by atoms with Crippen LogP contribution in [-0.4, -0.2) is 6.71 Å². The minimum Gasteiger partial charge on any atom is -0.440 e. The van der Waals surface area contributed by atoms with Gasteiger partial charge >= 0.3 is 0 Å². The van der Waals surface area contributed by atoms with Gasteiger partial charge in [-0.25, -0.2) is 0 Å². The Morgan fingerprint density at radius 3 is 1.30 bits per heavy atom. The van der Waals surface area contributed by atoms with E-state index in [9.17, 15) is 0 Å². The molecule has 11 aromatic rings. The van der Waals surface area contributed by atoms with E-state index in [1.165, 1.54) is 96.4 Å². The Hall–Kier alpha value is -6.80. The summed E-state index contributed by atoms with van der Waals surface area (Å²) in [6.45, 7) is 25.0. The average molecular weight is 947 g/mol. The topological polar surface area (TPSA) is 32.8 Å². The SMILES string of the molecule is Cc1cc2c3c(c1)N(c1c(C)ccc(-c4cc5ccccc5s4)c1C)c1oc4ccc(C(C)(C)C)cc4c1B3c1c(oc3ccc(C(C)(C)C)cc13)N2c1c(C)ccc(-c2cc3ccccc3s2)c1C.